The summed E-state index contributed by atoms with van der Waals surface area (Å²) < 4.78 is 13.8. The fourth-order valence-corrected chi connectivity index (χ4v) is 1.86. The molecule has 1 aromatic carbocycles. The maximum absolute atomic E-state index is 13.8. The van der Waals surface area contributed by atoms with E-state index < -0.39 is 5.82 Å². The van der Waals surface area contributed by atoms with Crippen LogP contribution in [0.3, 0.4) is 0 Å². The first-order valence-corrected chi connectivity index (χ1v) is 6.75. The number of nitrogens with two attached hydrogens (primary N) is 1. The lowest BCUT2D eigenvalue weighted by molar-refractivity contribution is 0.631. The van der Waals surface area contributed by atoms with Crippen molar-refractivity contribution in [1.29, 1.82) is 5.26 Å². The highest BCUT2D eigenvalue weighted by Crippen LogP contribution is 2.23. The van der Waals surface area contributed by atoms with Gasteiger partial charge in [0, 0.05) is 6.07 Å². The number of hydrogen-bond acceptors (Lipinski definition) is 7. The second-order valence-electron chi connectivity index (χ2n) is 3.70. The Balaban J connectivity index is 2.32. The van der Waals surface area contributed by atoms with E-state index in [4.69, 9.17) is 11.1 Å². The minimum atomic E-state index is -0.532. The van der Waals surface area contributed by atoms with Crippen molar-refractivity contribution in [3.63, 3.8) is 0 Å². The second kappa shape index (κ2) is 6.18. The molecule has 20 heavy (non-hydrogen) atoms. The molecule has 1 aromatic heterocycles. The van der Waals surface area contributed by atoms with E-state index >= 15 is 0 Å². The summed E-state index contributed by atoms with van der Waals surface area (Å²) in [5.74, 6) is 5.61. The van der Waals surface area contributed by atoms with Crippen molar-refractivity contribution in [3.05, 3.63) is 35.6 Å². The summed E-state index contributed by atoms with van der Waals surface area (Å²) in [6.45, 7) is 0. The SMILES string of the molecule is CSc1nc(NN)cc(Nc2ccc(C#N)cc2F)n1. The number of halogens is 1. The van der Waals surface area contributed by atoms with Crippen molar-refractivity contribution in [2.75, 3.05) is 17.0 Å². The summed E-state index contributed by atoms with van der Waals surface area (Å²) in [5.41, 5.74) is 2.89. The number of hydrazine groups is 1. The predicted octanol–water partition coefficient (Wildman–Crippen LogP) is 2.24. The molecule has 0 aliphatic rings. The lowest BCUT2D eigenvalue weighted by Gasteiger charge is -2.09. The van der Waals surface area contributed by atoms with Crippen LogP contribution in [0.25, 0.3) is 0 Å². The molecule has 0 fully saturated rings. The molecule has 4 N–H and O–H groups in total. The van der Waals surface area contributed by atoms with Crippen molar-refractivity contribution in [2.45, 2.75) is 5.16 Å². The van der Waals surface area contributed by atoms with Gasteiger partial charge in [-0.25, -0.2) is 20.2 Å². The van der Waals surface area contributed by atoms with E-state index in [-0.39, 0.29) is 11.3 Å². The fraction of sp³-hybridized carbons (Fsp3) is 0.0833. The normalized spacial score (nSPS) is 9.90. The minimum Gasteiger partial charge on any atom is -0.338 e. The highest BCUT2D eigenvalue weighted by molar-refractivity contribution is 7.98. The van der Waals surface area contributed by atoms with E-state index in [1.807, 2.05) is 12.3 Å². The molecule has 0 atom stereocenters. The molecule has 0 saturated carbocycles. The van der Waals surface area contributed by atoms with E-state index in [2.05, 4.69) is 20.7 Å². The van der Waals surface area contributed by atoms with Gasteiger partial charge in [-0.1, -0.05) is 11.8 Å². The third-order valence-electron chi connectivity index (χ3n) is 2.40. The lowest BCUT2D eigenvalue weighted by Crippen LogP contribution is -2.10. The highest BCUT2D eigenvalue weighted by Gasteiger charge is 2.07. The maximum atomic E-state index is 13.8. The molecular formula is C12H11FN6S. The number of nitrogens with one attached hydrogen (secondary N) is 2. The zero-order valence-corrected chi connectivity index (χ0v) is 11.3. The van der Waals surface area contributed by atoms with Crippen molar-refractivity contribution in [2.24, 2.45) is 5.84 Å². The molecule has 0 aliphatic heterocycles. The maximum Gasteiger partial charge on any atom is 0.191 e. The van der Waals surface area contributed by atoms with Gasteiger partial charge in [0.1, 0.15) is 17.5 Å². The highest BCUT2D eigenvalue weighted by atomic mass is 32.2. The molecule has 0 bridgehead atoms. The quantitative estimate of drug-likeness (QED) is 0.343. The van der Waals surface area contributed by atoms with Crippen LogP contribution in [0.1, 0.15) is 5.56 Å². The van der Waals surface area contributed by atoms with Crippen molar-refractivity contribution in [1.82, 2.24) is 9.97 Å². The van der Waals surface area contributed by atoms with E-state index in [1.165, 1.54) is 23.9 Å². The van der Waals surface area contributed by atoms with Gasteiger partial charge in [0.2, 0.25) is 0 Å². The summed E-state index contributed by atoms with van der Waals surface area (Å²) in [6, 6.07) is 7.57. The Hall–Kier alpha value is -2.37. The fourth-order valence-electron chi connectivity index (χ4n) is 1.48. The number of nitrogens with zero attached hydrogens (tertiary/aromatic N) is 3. The molecule has 0 amide bonds. The van der Waals surface area contributed by atoms with Crippen LogP contribution in [0, 0.1) is 17.1 Å². The number of rotatable bonds is 4. The summed E-state index contributed by atoms with van der Waals surface area (Å²) in [7, 11) is 0. The Bertz CT molecular complexity index is 647. The minimum absolute atomic E-state index is 0.220. The smallest absolute Gasteiger partial charge is 0.191 e. The Morgan fingerprint density at radius 2 is 2.05 bits per heavy atom. The Labute approximate surface area is 119 Å². The molecule has 2 rings (SSSR count). The number of hydrogen-bond donors (Lipinski definition) is 3. The summed E-state index contributed by atoms with van der Waals surface area (Å²) in [6.07, 6.45) is 1.82. The van der Waals surface area contributed by atoms with Crippen LogP contribution in [-0.4, -0.2) is 16.2 Å². The first kappa shape index (κ1) is 14.0. The molecule has 0 unspecified atom stereocenters. The molecule has 0 aliphatic carbocycles. The third kappa shape index (κ3) is 3.14. The van der Waals surface area contributed by atoms with Crippen LogP contribution in [0.15, 0.2) is 29.4 Å². The first-order valence-electron chi connectivity index (χ1n) is 5.52. The Morgan fingerprint density at radius 1 is 1.30 bits per heavy atom. The van der Waals surface area contributed by atoms with Crippen LogP contribution in [0.5, 0.6) is 0 Å². The van der Waals surface area contributed by atoms with E-state index in [0.717, 1.165) is 6.07 Å². The van der Waals surface area contributed by atoms with Gasteiger partial charge in [-0.15, -0.1) is 0 Å². The third-order valence-corrected chi connectivity index (χ3v) is 2.94. The predicted molar refractivity (Wildman–Crippen MR) is 76.0 cm³/mol. The van der Waals surface area contributed by atoms with Crippen LogP contribution in [-0.2, 0) is 0 Å². The summed E-state index contributed by atoms with van der Waals surface area (Å²) >= 11 is 1.34. The zero-order chi connectivity index (χ0) is 14.5. The van der Waals surface area contributed by atoms with Crippen molar-refractivity contribution >= 4 is 29.1 Å². The van der Waals surface area contributed by atoms with Crippen LogP contribution < -0.4 is 16.6 Å². The first-order chi connectivity index (χ1) is 9.66. The number of thioether (sulfide) groups is 1. The number of aromatic nitrogens is 2. The van der Waals surface area contributed by atoms with Gasteiger partial charge >= 0.3 is 0 Å². The largest absolute Gasteiger partial charge is 0.338 e. The van der Waals surface area contributed by atoms with E-state index in [1.54, 1.807) is 6.07 Å². The average molecular weight is 290 g/mol. The number of nitrogen functional groups attached to an aromatic ring is 1. The zero-order valence-electron chi connectivity index (χ0n) is 10.5. The van der Waals surface area contributed by atoms with Gasteiger partial charge in [-0.2, -0.15) is 5.26 Å². The summed E-state index contributed by atoms with van der Waals surface area (Å²) in [4.78, 5) is 8.29. The molecule has 2 aromatic rings. The molecule has 8 heteroatoms. The van der Waals surface area contributed by atoms with Gasteiger partial charge in [-0.05, 0) is 24.5 Å². The molecular weight excluding hydrogens is 279 g/mol. The molecule has 0 spiro atoms. The topological polar surface area (TPSA) is 99.6 Å². The standard InChI is InChI=1S/C12H11FN6S/c1-20-12-17-10(5-11(18-12)19-15)16-9-3-2-7(6-14)4-8(9)13/h2-5H,15H2,1H3,(H2,16,17,18,19). The Morgan fingerprint density at radius 3 is 2.65 bits per heavy atom. The average Bonchev–Trinajstić information content (AvgIpc) is 2.48. The van der Waals surface area contributed by atoms with Crippen molar-refractivity contribution < 1.29 is 4.39 Å². The number of anilines is 3. The van der Waals surface area contributed by atoms with Crippen LogP contribution in [0.2, 0.25) is 0 Å². The van der Waals surface area contributed by atoms with E-state index in [9.17, 15) is 4.39 Å². The lowest BCUT2D eigenvalue weighted by atomic mass is 10.2. The second-order valence-corrected chi connectivity index (χ2v) is 4.47. The number of nitriles is 1. The van der Waals surface area contributed by atoms with Crippen molar-refractivity contribution in [3.8, 4) is 6.07 Å². The molecule has 102 valence electrons. The molecule has 6 nitrogen and oxygen atoms in total. The monoisotopic (exact) mass is 290 g/mol. The number of benzene rings is 1. The van der Waals surface area contributed by atoms with Gasteiger partial charge < -0.3 is 10.7 Å². The van der Waals surface area contributed by atoms with Gasteiger partial charge in [0.15, 0.2) is 5.16 Å². The van der Waals surface area contributed by atoms with Gasteiger partial charge in [0.05, 0.1) is 17.3 Å². The van der Waals surface area contributed by atoms with Gasteiger partial charge in [0.25, 0.3) is 0 Å². The van der Waals surface area contributed by atoms with Crippen LogP contribution in [0.4, 0.5) is 21.7 Å². The van der Waals surface area contributed by atoms with Crippen LogP contribution >= 0.6 is 11.8 Å². The molecule has 0 radical (unpaired) electrons. The Kier molecular flexibility index (Phi) is 4.34. The van der Waals surface area contributed by atoms with Gasteiger partial charge in [-0.3, -0.25) is 0 Å². The molecule has 0 saturated heterocycles. The molecule has 1 heterocycles. The van der Waals surface area contributed by atoms with E-state index in [0.29, 0.717) is 16.8 Å². The summed E-state index contributed by atoms with van der Waals surface area (Å²) in [5, 5.41) is 12.0.